The van der Waals surface area contributed by atoms with Gasteiger partial charge in [-0.2, -0.15) is 0 Å². The van der Waals surface area contributed by atoms with Crippen LogP contribution >= 0.6 is 11.6 Å². The van der Waals surface area contributed by atoms with Gasteiger partial charge in [-0.15, -0.1) is 11.6 Å². The summed E-state index contributed by atoms with van der Waals surface area (Å²) in [5.74, 6) is 2.24. The molecule has 0 saturated carbocycles. The van der Waals surface area contributed by atoms with E-state index in [-0.39, 0.29) is 0 Å². The zero-order chi connectivity index (χ0) is 12.1. The molecule has 17 heavy (non-hydrogen) atoms. The molecule has 0 aliphatic carbocycles. The van der Waals surface area contributed by atoms with E-state index in [1.165, 1.54) is 12.8 Å². The molecular weight excluding hydrogens is 236 g/mol. The molecule has 0 bridgehead atoms. The number of nitrogens with zero attached hydrogens (tertiary/aromatic N) is 2. The van der Waals surface area contributed by atoms with Gasteiger partial charge in [0.05, 0.1) is 11.6 Å². The van der Waals surface area contributed by atoms with Crippen molar-refractivity contribution >= 4 is 17.4 Å². The van der Waals surface area contributed by atoms with Gasteiger partial charge in [-0.3, -0.25) is 0 Å². The van der Waals surface area contributed by atoms with E-state index in [4.69, 9.17) is 16.3 Å². The third-order valence-electron chi connectivity index (χ3n) is 3.27. The molecule has 0 aromatic carbocycles. The van der Waals surface area contributed by atoms with Gasteiger partial charge < -0.3 is 9.64 Å². The van der Waals surface area contributed by atoms with Crippen LogP contribution in [0, 0.1) is 5.92 Å². The van der Waals surface area contributed by atoms with Crippen molar-refractivity contribution in [1.82, 2.24) is 4.98 Å². The second-order valence-corrected chi connectivity index (χ2v) is 4.77. The summed E-state index contributed by atoms with van der Waals surface area (Å²) < 4.78 is 5.21. The number of anilines is 1. The number of methoxy groups -OCH3 is 1. The van der Waals surface area contributed by atoms with E-state index in [2.05, 4.69) is 16.0 Å². The van der Waals surface area contributed by atoms with Gasteiger partial charge in [0.15, 0.2) is 0 Å². The molecule has 0 atom stereocenters. The molecule has 3 nitrogen and oxygen atoms in total. The van der Waals surface area contributed by atoms with Crippen LogP contribution in [0.15, 0.2) is 18.2 Å². The average molecular weight is 255 g/mol. The normalized spacial score (nSPS) is 17.4. The first-order valence-electron chi connectivity index (χ1n) is 6.09. The van der Waals surface area contributed by atoms with Crippen LogP contribution < -0.4 is 4.90 Å². The van der Waals surface area contributed by atoms with Crippen molar-refractivity contribution in [3.05, 3.63) is 23.9 Å². The Kier molecular flexibility index (Phi) is 4.63. The van der Waals surface area contributed by atoms with Gasteiger partial charge in [-0.25, -0.2) is 4.98 Å². The molecule has 0 N–H and O–H groups in total. The lowest BCUT2D eigenvalue weighted by atomic mass is 9.98. The van der Waals surface area contributed by atoms with Crippen molar-refractivity contribution in [2.75, 3.05) is 31.7 Å². The van der Waals surface area contributed by atoms with Crippen LogP contribution in [-0.2, 0) is 10.6 Å². The number of ether oxygens (including phenoxy) is 1. The van der Waals surface area contributed by atoms with Gasteiger partial charge >= 0.3 is 0 Å². The Labute approximate surface area is 108 Å². The van der Waals surface area contributed by atoms with E-state index in [0.29, 0.717) is 11.8 Å². The molecule has 2 heterocycles. The van der Waals surface area contributed by atoms with Gasteiger partial charge in [-0.05, 0) is 30.9 Å². The summed E-state index contributed by atoms with van der Waals surface area (Å²) in [7, 11) is 1.78. The maximum Gasteiger partial charge on any atom is 0.128 e. The third kappa shape index (κ3) is 3.33. The fraction of sp³-hybridized carbons (Fsp3) is 0.615. The number of hydrogen-bond donors (Lipinski definition) is 0. The molecular formula is C13H19ClN2O. The van der Waals surface area contributed by atoms with Crippen molar-refractivity contribution in [2.24, 2.45) is 5.92 Å². The Hall–Kier alpha value is -0.800. The summed E-state index contributed by atoms with van der Waals surface area (Å²) in [6.45, 7) is 3.00. The number of aromatic nitrogens is 1. The van der Waals surface area contributed by atoms with Crippen LogP contribution in [0.1, 0.15) is 18.5 Å². The van der Waals surface area contributed by atoms with Crippen LogP contribution in [-0.4, -0.2) is 31.8 Å². The van der Waals surface area contributed by atoms with Crippen LogP contribution in [0.25, 0.3) is 0 Å². The van der Waals surface area contributed by atoms with Crippen molar-refractivity contribution in [3.8, 4) is 0 Å². The van der Waals surface area contributed by atoms with Crippen LogP contribution in [0.3, 0.4) is 0 Å². The van der Waals surface area contributed by atoms with Gasteiger partial charge in [0.1, 0.15) is 5.82 Å². The average Bonchev–Trinajstić information content (AvgIpc) is 2.40. The summed E-state index contributed by atoms with van der Waals surface area (Å²) in [5, 5.41) is 0. The molecule has 4 heteroatoms. The molecule has 1 saturated heterocycles. The summed E-state index contributed by atoms with van der Waals surface area (Å²) in [6.07, 6.45) is 2.36. The minimum atomic E-state index is 0.480. The van der Waals surface area contributed by atoms with Crippen LogP contribution in [0.2, 0.25) is 0 Å². The lowest BCUT2D eigenvalue weighted by molar-refractivity contribution is 0.139. The minimum Gasteiger partial charge on any atom is -0.384 e. The maximum absolute atomic E-state index is 5.80. The van der Waals surface area contributed by atoms with E-state index in [9.17, 15) is 0 Å². The number of rotatable bonds is 4. The molecule has 2 rings (SSSR count). The van der Waals surface area contributed by atoms with Crippen molar-refractivity contribution in [1.29, 1.82) is 0 Å². The van der Waals surface area contributed by atoms with Crippen molar-refractivity contribution < 1.29 is 4.74 Å². The molecule has 0 radical (unpaired) electrons. The molecule has 1 aromatic rings. The largest absolute Gasteiger partial charge is 0.384 e. The van der Waals surface area contributed by atoms with Crippen molar-refractivity contribution in [2.45, 2.75) is 18.7 Å². The molecule has 1 aliphatic heterocycles. The zero-order valence-electron chi connectivity index (χ0n) is 10.2. The van der Waals surface area contributed by atoms with E-state index in [0.717, 1.165) is 31.2 Å². The molecule has 0 amide bonds. The highest BCUT2D eigenvalue weighted by Gasteiger charge is 2.19. The zero-order valence-corrected chi connectivity index (χ0v) is 11.0. The van der Waals surface area contributed by atoms with Crippen LogP contribution in [0.5, 0.6) is 0 Å². The molecule has 0 spiro atoms. The molecule has 1 aliphatic rings. The minimum absolute atomic E-state index is 0.480. The quantitative estimate of drug-likeness (QED) is 0.773. The molecule has 0 unspecified atom stereocenters. The topological polar surface area (TPSA) is 25.4 Å². The second kappa shape index (κ2) is 6.22. The molecule has 94 valence electrons. The summed E-state index contributed by atoms with van der Waals surface area (Å²) in [5.41, 5.74) is 0.947. The fourth-order valence-corrected chi connectivity index (χ4v) is 2.43. The Morgan fingerprint density at radius 1 is 1.41 bits per heavy atom. The second-order valence-electron chi connectivity index (χ2n) is 4.51. The van der Waals surface area contributed by atoms with E-state index in [1.807, 2.05) is 12.1 Å². The SMILES string of the molecule is COCC1CCN(c2cccc(CCl)n2)CC1. The summed E-state index contributed by atoms with van der Waals surface area (Å²) in [4.78, 5) is 6.88. The van der Waals surface area contributed by atoms with Gasteiger partial charge in [0.2, 0.25) is 0 Å². The van der Waals surface area contributed by atoms with Gasteiger partial charge in [0, 0.05) is 26.8 Å². The number of pyridine rings is 1. The highest BCUT2D eigenvalue weighted by molar-refractivity contribution is 6.16. The highest BCUT2D eigenvalue weighted by Crippen LogP contribution is 2.22. The Balaban J connectivity index is 1.95. The number of piperidine rings is 1. The molecule has 1 fully saturated rings. The fourth-order valence-electron chi connectivity index (χ4n) is 2.28. The summed E-state index contributed by atoms with van der Waals surface area (Å²) >= 11 is 5.80. The number of halogens is 1. The molecule has 1 aromatic heterocycles. The Bertz CT molecular complexity index is 351. The first-order valence-corrected chi connectivity index (χ1v) is 6.62. The first-order chi connectivity index (χ1) is 8.33. The van der Waals surface area contributed by atoms with E-state index < -0.39 is 0 Å². The van der Waals surface area contributed by atoms with E-state index >= 15 is 0 Å². The maximum atomic E-state index is 5.80. The Morgan fingerprint density at radius 2 is 2.18 bits per heavy atom. The van der Waals surface area contributed by atoms with Crippen LogP contribution in [0.4, 0.5) is 5.82 Å². The predicted octanol–water partition coefficient (Wildman–Crippen LogP) is 2.68. The lowest BCUT2D eigenvalue weighted by Crippen LogP contribution is -2.35. The van der Waals surface area contributed by atoms with Gasteiger partial charge in [0.25, 0.3) is 0 Å². The Morgan fingerprint density at radius 3 is 2.82 bits per heavy atom. The number of hydrogen-bond acceptors (Lipinski definition) is 3. The third-order valence-corrected chi connectivity index (χ3v) is 3.54. The lowest BCUT2D eigenvalue weighted by Gasteiger charge is -2.32. The smallest absolute Gasteiger partial charge is 0.128 e. The van der Waals surface area contributed by atoms with Crippen molar-refractivity contribution in [3.63, 3.8) is 0 Å². The van der Waals surface area contributed by atoms with E-state index in [1.54, 1.807) is 7.11 Å². The highest BCUT2D eigenvalue weighted by atomic mass is 35.5. The summed E-state index contributed by atoms with van der Waals surface area (Å²) in [6, 6.07) is 6.06. The number of alkyl halides is 1. The first kappa shape index (κ1) is 12.7. The predicted molar refractivity (Wildman–Crippen MR) is 70.6 cm³/mol. The standard InChI is InChI=1S/C13H19ClN2O/c1-17-10-11-5-7-16(8-6-11)13-4-2-3-12(9-14)15-13/h2-4,11H,5-10H2,1H3. The monoisotopic (exact) mass is 254 g/mol. The van der Waals surface area contributed by atoms with Gasteiger partial charge in [-0.1, -0.05) is 6.07 Å².